The molecular weight excluding hydrogens is 295 g/mol. The maximum absolute atomic E-state index is 12.0. The predicted molar refractivity (Wildman–Crippen MR) is 73.1 cm³/mol. The van der Waals surface area contributed by atoms with Crippen LogP contribution >= 0.6 is 0 Å². The quantitative estimate of drug-likeness (QED) is 0.188. The zero-order chi connectivity index (χ0) is 16.3. The van der Waals surface area contributed by atoms with Gasteiger partial charge < -0.3 is 4.74 Å². The Kier molecular flexibility index (Phi) is 4.45. The summed E-state index contributed by atoms with van der Waals surface area (Å²) in [5.41, 5.74) is 0.439. The van der Waals surface area contributed by atoms with Crippen molar-refractivity contribution in [2.45, 2.75) is 13.3 Å². The van der Waals surface area contributed by atoms with E-state index in [2.05, 4.69) is 4.74 Å². The minimum absolute atomic E-state index is 0.0250. The number of benzene rings is 1. The first kappa shape index (κ1) is 15.6. The molecule has 0 aliphatic carbocycles. The molecular formula is C15H13NO6. The van der Waals surface area contributed by atoms with E-state index in [0.717, 1.165) is 4.90 Å². The summed E-state index contributed by atoms with van der Waals surface area (Å²) in [5.74, 6) is -3.97. The largest absolute Gasteiger partial charge is 0.460 e. The number of rotatable bonds is 6. The summed E-state index contributed by atoms with van der Waals surface area (Å²) in [7, 11) is 0. The monoisotopic (exact) mass is 308 g/mol. The highest BCUT2D eigenvalue weighted by molar-refractivity contribution is 6.37. The van der Waals surface area contributed by atoms with Crippen molar-refractivity contribution in [3.8, 4) is 0 Å². The maximum atomic E-state index is 12.0. The molecule has 0 bridgehead atoms. The first-order chi connectivity index (χ1) is 10.5. The van der Waals surface area contributed by atoms with Crippen LogP contribution in [0.4, 0.5) is 0 Å². The van der Waals surface area contributed by atoms with Gasteiger partial charge in [-0.3, -0.25) is 24.1 Å². The SMILES string of the molecule is CCO[13C](=O)C(=O)[13CH2][13C](=O)[13CH2][15N]1C(=O)c2ccccc2C1=O. The molecule has 0 saturated heterocycles. The van der Waals surface area contributed by atoms with Gasteiger partial charge in [-0.05, 0) is 19.1 Å². The van der Waals surface area contributed by atoms with Crippen molar-refractivity contribution in [2.24, 2.45) is 0 Å². The molecule has 2 rings (SSSR count). The van der Waals surface area contributed by atoms with Crippen molar-refractivity contribution in [1.82, 2.24) is 4.90 Å². The summed E-state index contributed by atoms with van der Waals surface area (Å²) >= 11 is 0. The summed E-state index contributed by atoms with van der Waals surface area (Å²) in [4.78, 5) is 59.2. The second-order valence-electron chi connectivity index (χ2n) is 4.60. The lowest BCUT2D eigenvalue weighted by molar-refractivity contribution is -0.154. The normalized spacial score (nSPS) is 13.0. The fourth-order valence-electron chi connectivity index (χ4n) is 2.08. The molecule has 0 unspecified atom stereocenters. The van der Waals surface area contributed by atoms with Gasteiger partial charge in [0, 0.05) is 0 Å². The van der Waals surface area contributed by atoms with E-state index in [4.69, 9.17) is 0 Å². The van der Waals surface area contributed by atoms with Crippen molar-refractivity contribution in [3.05, 3.63) is 35.4 Å². The average molecular weight is 308 g/mol. The summed E-state index contributed by atoms with van der Waals surface area (Å²) in [6.45, 7) is 1.01. The van der Waals surface area contributed by atoms with Gasteiger partial charge in [-0.25, -0.2) is 4.79 Å². The standard InChI is InChI=1S/C15H13NO6/c1-2-22-15(21)12(18)7-9(17)8-16-13(19)10-5-3-4-6-11(10)14(16)20/h3-6H,2,7-8H2,1H3/i7+1,8+1,9+1,15+1,16+1. The fourth-order valence-corrected chi connectivity index (χ4v) is 2.08. The first-order valence-corrected chi connectivity index (χ1v) is 6.62. The van der Waals surface area contributed by atoms with Crippen LogP contribution in [0.25, 0.3) is 0 Å². The highest BCUT2D eigenvalue weighted by Gasteiger charge is 2.36. The van der Waals surface area contributed by atoms with Crippen molar-refractivity contribution in [2.75, 3.05) is 13.2 Å². The first-order valence-electron chi connectivity index (χ1n) is 6.62. The number of esters is 1. The Bertz CT molecular complexity index is 643. The van der Waals surface area contributed by atoms with Gasteiger partial charge in [-0.15, -0.1) is 0 Å². The number of amides is 2. The molecule has 7 heteroatoms. The lowest BCUT2D eigenvalue weighted by Gasteiger charge is -2.12. The number of nitrogens with zero attached hydrogens (tertiary/aromatic N) is 1. The van der Waals surface area contributed by atoms with E-state index >= 15 is 0 Å². The third-order valence-corrected chi connectivity index (χ3v) is 3.07. The van der Waals surface area contributed by atoms with E-state index in [1.54, 1.807) is 12.1 Å². The highest BCUT2D eigenvalue weighted by Crippen LogP contribution is 2.22. The molecule has 0 aromatic heterocycles. The maximum Gasteiger partial charge on any atom is 0.375 e. The number of hydrogen-bond acceptors (Lipinski definition) is 6. The van der Waals surface area contributed by atoms with Crippen LogP contribution in [-0.4, -0.2) is 47.4 Å². The van der Waals surface area contributed by atoms with Gasteiger partial charge in [-0.1, -0.05) is 12.1 Å². The van der Waals surface area contributed by atoms with Crippen LogP contribution in [0, 0.1) is 0 Å². The van der Waals surface area contributed by atoms with Crippen molar-refractivity contribution >= 4 is 29.4 Å². The number of Topliss-reactive ketones (excluding diaryl/α,β-unsaturated/α-hetero) is 2. The molecule has 0 N–H and O–H groups in total. The van der Waals surface area contributed by atoms with E-state index in [0.29, 0.717) is 0 Å². The van der Waals surface area contributed by atoms with Gasteiger partial charge in [0.15, 0.2) is 5.78 Å². The van der Waals surface area contributed by atoms with Crippen LogP contribution in [0.15, 0.2) is 24.3 Å². The molecule has 1 heterocycles. The Balaban J connectivity index is 2.02. The molecule has 0 fully saturated rings. The number of ether oxygens (including phenoxy) is 1. The fraction of sp³-hybridized carbons (Fsp3) is 0.267. The summed E-state index contributed by atoms with van der Waals surface area (Å²) in [5, 5.41) is 0. The van der Waals surface area contributed by atoms with Crippen molar-refractivity contribution in [1.29, 1.82) is 0 Å². The van der Waals surface area contributed by atoms with E-state index in [1.807, 2.05) is 0 Å². The molecule has 2 amide bonds. The van der Waals surface area contributed by atoms with Crippen molar-refractivity contribution < 1.29 is 28.7 Å². The van der Waals surface area contributed by atoms with Gasteiger partial charge in [0.2, 0.25) is 5.78 Å². The minimum Gasteiger partial charge on any atom is -0.460 e. The molecule has 7 nitrogen and oxygen atoms in total. The van der Waals surface area contributed by atoms with E-state index < -0.39 is 42.3 Å². The Hall–Kier alpha value is -2.83. The Morgan fingerprint density at radius 3 is 2.09 bits per heavy atom. The second kappa shape index (κ2) is 6.30. The zero-order valence-electron chi connectivity index (χ0n) is 11.8. The van der Waals surface area contributed by atoms with Crippen molar-refractivity contribution in [3.63, 3.8) is 0 Å². The number of fused-ring (bicyclic) bond motifs is 1. The Morgan fingerprint density at radius 1 is 1.05 bits per heavy atom. The molecule has 0 saturated carbocycles. The van der Waals surface area contributed by atoms with Gasteiger partial charge in [-0.2, -0.15) is 0 Å². The third-order valence-electron chi connectivity index (χ3n) is 3.07. The van der Waals surface area contributed by atoms with Crippen LogP contribution in [0.1, 0.15) is 34.1 Å². The summed E-state index contributed by atoms with van der Waals surface area (Å²) in [6, 6.07) is 6.20. The average Bonchev–Trinajstić information content (AvgIpc) is 2.73. The zero-order valence-corrected chi connectivity index (χ0v) is 11.8. The minimum atomic E-state index is -1.10. The Morgan fingerprint density at radius 2 is 1.59 bits per heavy atom. The smallest absolute Gasteiger partial charge is 0.375 e. The van der Waals surface area contributed by atoms with Crippen LogP contribution in [-0.2, 0) is 19.1 Å². The summed E-state index contributed by atoms with van der Waals surface area (Å²) in [6.07, 6.45) is -0.702. The van der Waals surface area contributed by atoms with Gasteiger partial charge >= 0.3 is 5.97 Å². The van der Waals surface area contributed by atoms with Crippen LogP contribution in [0.2, 0.25) is 0 Å². The lowest BCUT2D eigenvalue weighted by Crippen LogP contribution is -2.36. The van der Waals surface area contributed by atoms with E-state index in [1.165, 1.54) is 19.1 Å². The molecule has 1 aromatic carbocycles. The third kappa shape index (κ3) is 2.93. The molecule has 1 aliphatic heterocycles. The second-order valence-corrected chi connectivity index (χ2v) is 4.60. The highest BCUT2D eigenvalue weighted by atomic mass is 16.6. The van der Waals surface area contributed by atoms with Gasteiger partial charge in [0.25, 0.3) is 11.8 Å². The molecule has 0 atom stereocenters. The molecule has 1 aromatic rings. The predicted octanol–water partition coefficient (Wildman–Crippen LogP) is 0.374. The molecule has 0 radical (unpaired) electrons. The molecule has 0 spiro atoms. The number of carbonyl (C=O) groups excluding carboxylic acids is 5. The van der Waals surface area contributed by atoms with Crippen LogP contribution < -0.4 is 0 Å². The Labute approximate surface area is 125 Å². The van der Waals surface area contributed by atoms with E-state index in [9.17, 15) is 24.0 Å². The van der Waals surface area contributed by atoms with Crippen LogP contribution in [0.3, 0.4) is 0 Å². The topological polar surface area (TPSA) is 97.8 Å². The van der Waals surface area contributed by atoms with Gasteiger partial charge in [0.05, 0.1) is 30.7 Å². The van der Waals surface area contributed by atoms with E-state index in [-0.39, 0.29) is 17.7 Å². The molecule has 22 heavy (non-hydrogen) atoms. The number of imide groups is 1. The lowest BCUT2D eigenvalue weighted by atomic mass is 10.1. The molecule has 1 aliphatic rings. The number of carbonyl (C=O) groups is 5. The van der Waals surface area contributed by atoms with Gasteiger partial charge in [0.1, 0.15) is 0 Å². The summed E-state index contributed by atoms with van der Waals surface area (Å²) < 4.78 is 4.48. The molecule has 114 valence electrons. The number of ketones is 2. The van der Waals surface area contributed by atoms with Crippen LogP contribution in [0.5, 0.6) is 0 Å². The number of hydrogen-bond donors (Lipinski definition) is 0.